The first kappa shape index (κ1) is 24.7. The Morgan fingerprint density at radius 2 is 1.73 bits per heavy atom. The molecule has 1 saturated carbocycles. The SMILES string of the molecule is Cc1ccc(F)c(CNC(=O)c2cn3cc(-c4ccc(C5CCC(CC(=O)O)CC5)cc4)ccc3n2)c1. The third-order valence-electron chi connectivity index (χ3n) is 7.35. The van der Waals surface area contributed by atoms with Crippen molar-refractivity contribution in [3.8, 4) is 11.1 Å². The Hall–Kier alpha value is -4.00. The fourth-order valence-corrected chi connectivity index (χ4v) is 5.27. The highest BCUT2D eigenvalue weighted by molar-refractivity contribution is 5.92. The molecule has 4 aromatic rings. The number of imidazole rings is 1. The predicted octanol–water partition coefficient (Wildman–Crippen LogP) is 6.13. The molecule has 37 heavy (non-hydrogen) atoms. The van der Waals surface area contributed by atoms with Gasteiger partial charge in [-0.05, 0) is 79.3 Å². The van der Waals surface area contributed by atoms with Crippen LogP contribution in [-0.2, 0) is 11.3 Å². The van der Waals surface area contributed by atoms with Gasteiger partial charge in [-0.2, -0.15) is 0 Å². The van der Waals surface area contributed by atoms with Crippen LogP contribution in [0, 0.1) is 18.7 Å². The maximum atomic E-state index is 14.0. The molecule has 0 bridgehead atoms. The molecule has 2 heterocycles. The average Bonchev–Trinajstić information content (AvgIpc) is 3.33. The number of halogens is 1. The molecule has 7 heteroatoms. The fraction of sp³-hybridized carbons (Fsp3) is 0.300. The van der Waals surface area contributed by atoms with Crippen molar-refractivity contribution in [3.63, 3.8) is 0 Å². The molecule has 0 radical (unpaired) electrons. The Bertz CT molecular complexity index is 1440. The summed E-state index contributed by atoms with van der Waals surface area (Å²) < 4.78 is 15.8. The molecule has 0 saturated heterocycles. The third kappa shape index (κ3) is 5.71. The summed E-state index contributed by atoms with van der Waals surface area (Å²) in [6, 6.07) is 17.2. The highest BCUT2D eigenvalue weighted by Crippen LogP contribution is 2.37. The number of pyridine rings is 1. The van der Waals surface area contributed by atoms with E-state index in [9.17, 15) is 14.0 Å². The van der Waals surface area contributed by atoms with Crippen molar-refractivity contribution in [3.05, 3.63) is 95.2 Å². The zero-order valence-corrected chi connectivity index (χ0v) is 20.8. The number of carbonyl (C=O) groups is 2. The van der Waals surface area contributed by atoms with Crippen LogP contribution >= 0.6 is 0 Å². The Balaban J connectivity index is 1.25. The van der Waals surface area contributed by atoms with Gasteiger partial charge >= 0.3 is 5.97 Å². The van der Waals surface area contributed by atoms with Crippen molar-refractivity contribution in [2.24, 2.45) is 5.92 Å². The summed E-state index contributed by atoms with van der Waals surface area (Å²) in [5.41, 5.74) is 5.68. The van der Waals surface area contributed by atoms with E-state index in [0.29, 0.717) is 23.0 Å². The van der Waals surface area contributed by atoms with Gasteiger partial charge in [0.2, 0.25) is 0 Å². The van der Waals surface area contributed by atoms with Crippen LogP contribution in [-0.4, -0.2) is 26.4 Å². The summed E-state index contributed by atoms with van der Waals surface area (Å²) in [7, 11) is 0. The average molecular weight is 500 g/mol. The standard InChI is InChI=1S/C30H30FN3O3/c1-19-2-12-26(31)25(14-19)16-32-30(37)27-18-34-17-24(11-13-28(34)33-27)23-9-7-22(8-10-23)21-5-3-20(4-6-21)15-29(35)36/h2,7-14,17-18,20-21H,3-6,15-16H2,1H3,(H,32,37)(H,35,36). The van der Waals surface area contributed by atoms with Gasteiger partial charge in [0, 0.05) is 30.9 Å². The number of aryl methyl sites for hydroxylation is 1. The van der Waals surface area contributed by atoms with E-state index in [2.05, 4.69) is 34.6 Å². The number of nitrogens with zero attached hydrogens (tertiary/aromatic N) is 2. The van der Waals surface area contributed by atoms with E-state index in [1.807, 2.05) is 29.7 Å². The second-order valence-corrected chi connectivity index (χ2v) is 10.0. The van der Waals surface area contributed by atoms with Crippen LogP contribution in [0.25, 0.3) is 16.8 Å². The summed E-state index contributed by atoms with van der Waals surface area (Å²) in [4.78, 5) is 28.1. The minimum atomic E-state index is -0.701. The summed E-state index contributed by atoms with van der Waals surface area (Å²) in [6.45, 7) is 1.98. The van der Waals surface area contributed by atoms with Crippen LogP contribution < -0.4 is 5.32 Å². The quantitative estimate of drug-likeness (QED) is 0.321. The second kappa shape index (κ2) is 10.5. The molecule has 190 valence electrons. The number of aromatic nitrogens is 2. The van der Waals surface area contributed by atoms with E-state index in [4.69, 9.17) is 5.11 Å². The van der Waals surface area contributed by atoms with Crippen LogP contribution in [0.1, 0.15) is 65.2 Å². The van der Waals surface area contributed by atoms with Crippen LogP contribution in [0.15, 0.2) is 67.0 Å². The van der Waals surface area contributed by atoms with Crippen molar-refractivity contribution in [2.45, 2.75) is 51.5 Å². The lowest BCUT2D eigenvalue weighted by Gasteiger charge is -2.28. The van der Waals surface area contributed by atoms with Crippen molar-refractivity contribution >= 4 is 17.5 Å². The van der Waals surface area contributed by atoms with Gasteiger partial charge in [-0.25, -0.2) is 9.37 Å². The Morgan fingerprint density at radius 1 is 1.00 bits per heavy atom. The number of hydrogen-bond donors (Lipinski definition) is 2. The molecule has 5 rings (SSSR count). The lowest BCUT2D eigenvalue weighted by Crippen LogP contribution is -2.23. The van der Waals surface area contributed by atoms with Gasteiger partial charge in [0.1, 0.15) is 17.2 Å². The molecule has 1 amide bonds. The first-order chi connectivity index (χ1) is 17.9. The number of carboxylic acids is 1. The number of benzene rings is 2. The van der Waals surface area contributed by atoms with Crippen LogP contribution in [0.3, 0.4) is 0 Å². The number of rotatable bonds is 7. The van der Waals surface area contributed by atoms with Gasteiger partial charge in [-0.3, -0.25) is 9.59 Å². The number of hydrogen-bond acceptors (Lipinski definition) is 3. The van der Waals surface area contributed by atoms with Gasteiger partial charge in [-0.1, -0.05) is 42.0 Å². The molecule has 2 aromatic heterocycles. The molecule has 2 N–H and O–H groups in total. The molecule has 1 aliphatic rings. The van der Waals surface area contributed by atoms with Gasteiger partial charge in [0.25, 0.3) is 5.91 Å². The molecule has 1 aliphatic carbocycles. The molecular formula is C30H30FN3O3. The zero-order valence-electron chi connectivity index (χ0n) is 20.8. The van der Waals surface area contributed by atoms with E-state index in [-0.39, 0.29) is 30.4 Å². The predicted molar refractivity (Wildman–Crippen MR) is 140 cm³/mol. The van der Waals surface area contributed by atoms with Crippen LogP contribution in [0.4, 0.5) is 4.39 Å². The Labute approximate surface area is 215 Å². The molecule has 2 aromatic carbocycles. The van der Waals surface area contributed by atoms with Gasteiger partial charge in [-0.15, -0.1) is 0 Å². The highest BCUT2D eigenvalue weighted by atomic mass is 19.1. The van der Waals surface area contributed by atoms with Gasteiger partial charge < -0.3 is 14.8 Å². The molecule has 0 spiro atoms. The molecular weight excluding hydrogens is 469 g/mol. The summed E-state index contributed by atoms with van der Waals surface area (Å²) in [6.07, 6.45) is 7.89. The summed E-state index contributed by atoms with van der Waals surface area (Å²) in [5, 5.41) is 11.8. The first-order valence-corrected chi connectivity index (χ1v) is 12.7. The second-order valence-electron chi connectivity index (χ2n) is 10.0. The fourth-order valence-electron chi connectivity index (χ4n) is 5.27. The number of nitrogens with one attached hydrogen (secondary N) is 1. The largest absolute Gasteiger partial charge is 0.481 e. The van der Waals surface area contributed by atoms with Crippen molar-refractivity contribution in [2.75, 3.05) is 0 Å². The number of fused-ring (bicyclic) bond motifs is 1. The van der Waals surface area contributed by atoms with E-state index < -0.39 is 5.97 Å². The molecule has 1 fully saturated rings. The Kier molecular flexibility index (Phi) is 7.04. The minimum absolute atomic E-state index is 0.0963. The maximum absolute atomic E-state index is 14.0. The van der Waals surface area contributed by atoms with Gasteiger partial charge in [0.05, 0.1) is 0 Å². The van der Waals surface area contributed by atoms with Crippen LogP contribution in [0.2, 0.25) is 0 Å². The van der Waals surface area contributed by atoms with Gasteiger partial charge in [0.15, 0.2) is 0 Å². The monoisotopic (exact) mass is 499 g/mol. The number of carboxylic acid groups (broad SMARTS) is 1. The summed E-state index contributed by atoms with van der Waals surface area (Å²) in [5.74, 6) is -0.626. The van der Waals surface area contributed by atoms with Crippen molar-refractivity contribution in [1.82, 2.24) is 14.7 Å². The highest BCUT2D eigenvalue weighted by Gasteiger charge is 2.24. The molecule has 0 atom stereocenters. The van der Waals surface area contributed by atoms with E-state index in [1.165, 1.54) is 11.6 Å². The van der Waals surface area contributed by atoms with E-state index in [0.717, 1.165) is 42.4 Å². The summed E-state index contributed by atoms with van der Waals surface area (Å²) >= 11 is 0. The third-order valence-corrected chi connectivity index (χ3v) is 7.35. The normalized spacial score (nSPS) is 17.6. The molecule has 6 nitrogen and oxygen atoms in total. The first-order valence-electron chi connectivity index (χ1n) is 12.7. The molecule has 0 aliphatic heterocycles. The number of aliphatic carboxylic acids is 1. The number of carbonyl (C=O) groups excluding carboxylic acids is 1. The van der Waals surface area contributed by atoms with E-state index >= 15 is 0 Å². The van der Waals surface area contributed by atoms with Crippen molar-refractivity contribution in [1.29, 1.82) is 0 Å². The minimum Gasteiger partial charge on any atom is -0.481 e. The smallest absolute Gasteiger partial charge is 0.303 e. The lowest BCUT2D eigenvalue weighted by atomic mass is 9.77. The number of amides is 1. The molecule has 0 unspecified atom stereocenters. The van der Waals surface area contributed by atoms with Crippen molar-refractivity contribution < 1.29 is 19.1 Å². The van der Waals surface area contributed by atoms with Crippen LogP contribution in [0.5, 0.6) is 0 Å². The zero-order chi connectivity index (χ0) is 25.9. The topological polar surface area (TPSA) is 83.7 Å². The Morgan fingerprint density at radius 3 is 2.46 bits per heavy atom. The van der Waals surface area contributed by atoms with E-state index in [1.54, 1.807) is 18.3 Å². The lowest BCUT2D eigenvalue weighted by molar-refractivity contribution is -0.138. The maximum Gasteiger partial charge on any atom is 0.303 e.